The second-order valence-corrected chi connectivity index (χ2v) is 6.00. The van der Waals surface area contributed by atoms with Crippen LogP contribution in [0.15, 0.2) is 24.3 Å². The number of benzene rings is 1. The molecular formula is C14H16INO3. The molecule has 2 rings (SSSR count). The van der Waals surface area contributed by atoms with Crippen molar-refractivity contribution in [2.45, 2.75) is 31.7 Å². The van der Waals surface area contributed by atoms with Crippen molar-refractivity contribution < 1.29 is 14.7 Å². The van der Waals surface area contributed by atoms with Crippen LogP contribution in [0.2, 0.25) is 0 Å². The molecule has 0 bridgehead atoms. The van der Waals surface area contributed by atoms with Crippen LogP contribution in [0.1, 0.15) is 36.0 Å². The number of nitrogens with one attached hydrogen (secondary N) is 1. The van der Waals surface area contributed by atoms with Crippen molar-refractivity contribution in [3.05, 3.63) is 33.4 Å². The molecule has 0 saturated heterocycles. The van der Waals surface area contributed by atoms with Gasteiger partial charge in [0.05, 0.1) is 11.5 Å². The molecule has 0 aliphatic heterocycles. The highest BCUT2D eigenvalue weighted by molar-refractivity contribution is 14.1. The smallest absolute Gasteiger partial charge is 0.306 e. The Balaban J connectivity index is 1.91. The van der Waals surface area contributed by atoms with Crippen LogP contribution in [0.3, 0.4) is 0 Å². The van der Waals surface area contributed by atoms with Gasteiger partial charge in [-0.1, -0.05) is 12.1 Å². The number of carboxylic acids is 1. The minimum Gasteiger partial charge on any atom is -0.481 e. The molecule has 5 heteroatoms. The van der Waals surface area contributed by atoms with Gasteiger partial charge in [0.1, 0.15) is 0 Å². The van der Waals surface area contributed by atoms with Crippen LogP contribution in [-0.2, 0) is 4.79 Å². The van der Waals surface area contributed by atoms with Crippen molar-refractivity contribution in [3.63, 3.8) is 0 Å². The molecule has 1 saturated carbocycles. The fourth-order valence-electron chi connectivity index (χ4n) is 2.39. The summed E-state index contributed by atoms with van der Waals surface area (Å²) >= 11 is 2.14. The predicted octanol–water partition coefficient (Wildman–Crippen LogP) is 2.66. The van der Waals surface area contributed by atoms with Gasteiger partial charge in [-0.15, -0.1) is 0 Å². The van der Waals surface area contributed by atoms with Crippen LogP contribution in [0.5, 0.6) is 0 Å². The van der Waals surface area contributed by atoms with Gasteiger partial charge in [0, 0.05) is 9.61 Å². The number of halogens is 1. The average Bonchev–Trinajstić information content (AvgIpc) is 2.39. The number of hydrogen-bond donors (Lipinski definition) is 2. The van der Waals surface area contributed by atoms with E-state index in [2.05, 4.69) is 27.9 Å². The van der Waals surface area contributed by atoms with Gasteiger partial charge in [-0.2, -0.15) is 0 Å². The van der Waals surface area contributed by atoms with Gasteiger partial charge >= 0.3 is 5.97 Å². The summed E-state index contributed by atoms with van der Waals surface area (Å²) in [5.41, 5.74) is 0.684. The third kappa shape index (κ3) is 3.68. The zero-order chi connectivity index (χ0) is 13.8. The first-order valence-corrected chi connectivity index (χ1v) is 7.44. The van der Waals surface area contributed by atoms with Gasteiger partial charge in [0.15, 0.2) is 0 Å². The first-order chi connectivity index (χ1) is 9.08. The van der Waals surface area contributed by atoms with E-state index in [1.807, 2.05) is 18.2 Å². The Morgan fingerprint density at radius 3 is 2.37 bits per heavy atom. The van der Waals surface area contributed by atoms with E-state index in [-0.39, 0.29) is 17.9 Å². The number of rotatable bonds is 3. The minimum absolute atomic E-state index is 0.0659. The molecule has 1 aromatic carbocycles. The molecule has 0 aromatic heterocycles. The second-order valence-electron chi connectivity index (χ2n) is 4.84. The summed E-state index contributed by atoms with van der Waals surface area (Å²) in [6.45, 7) is 0. The second kappa shape index (κ2) is 6.36. The van der Waals surface area contributed by atoms with E-state index < -0.39 is 5.97 Å². The summed E-state index contributed by atoms with van der Waals surface area (Å²) in [6.07, 6.45) is 2.77. The van der Waals surface area contributed by atoms with Crippen LogP contribution in [0.4, 0.5) is 0 Å². The lowest BCUT2D eigenvalue weighted by Gasteiger charge is -2.26. The molecule has 2 N–H and O–H groups in total. The fourth-order valence-corrected chi connectivity index (χ4v) is 3.03. The largest absolute Gasteiger partial charge is 0.481 e. The number of hydrogen-bond acceptors (Lipinski definition) is 2. The molecule has 0 atom stereocenters. The topological polar surface area (TPSA) is 66.4 Å². The number of amides is 1. The third-order valence-electron chi connectivity index (χ3n) is 3.53. The summed E-state index contributed by atoms with van der Waals surface area (Å²) in [5.74, 6) is -1.03. The zero-order valence-corrected chi connectivity index (χ0v) is 12.6. The van der Waals surface area contributed by atoms with Crippen molar-refractivity contribution >= 4 is 34.5 Å². The number of carbonyl (C=O) groups is 2. The first kappa shape index (κ1) is 14.3. The Bertz CT molecular complexity index is 481. The molecule has 19 heavy (non-hydrogen) atoms. The van der Waals surface area contributed by atoms with Crippen molar-refractivity contribution in [1.29, 1.82) is 0 Å². The van der Waals surface area contributed by atoms with E-state index in [1.54, 1.807) is 6.07 Å². The molecule has 1 aromatic rings. The summed E-state index contributed by atoms with van der Waals surface area (Å²) in [6, 6.07) is 7.55. The van der Waals surface area contributed by atoms with Crippen LogP contribution in [0, 0.1) is 9.49 Å². The summed E-state index contributed by atoms with van der Waals surface area (Å²) in [4.78, 5) is 23.0. The molecule has 1 aliphatic carbocycles. The van der Waals surface area contributed by atoms with E-state index in [0.29, 0.717) is 18.4 Å². The van der Waals surface area contributed by atoms with E-state index in [0.717, 1.165) is 16.4 Å². The predicted molar refractivity (Wildman–Crippen MR) is 80.0 cm³/mol. The lowest BCUT2D eigenvalue weighted by Crippen LogP contribution is -2.39. The SMILES string of the molecule is O=C(NC1CCC(C(=O)O)CC1)c1ccccc1I. The summed E-state index contributed by atoms with van der Waals surface area (Å²) in [5, 5.41) is 11.9. The van der Waals surface area contributed by atoms with E-state index in [4.69, 9.17) is 5.11 Å². The molecule has 1 amide bonds. The van der Waals surface area contributed by atoms with Gasteiger partial charge < -0.3 is 10.4 Å². The molecule has 0 unspecified atom stereocenters. The van der Waals surface area contributed by atoms with Gasteiger partial charge in [0.25, 0.3) is 5.91 Å². The highest BCUT2D eigenvalue weighted by atomic mass is 127. The average molecular weight is 373 g/mol. The Kier molecular flexibility index (Phi) is 4.79. The van der Waals surface area contributed by atoms with Gasteiger partial charge in [-0.25, -0.2) is 0 Å². The van der Waals surface area contributed by atoms with Gasteiger partial charge in [-0.05, 0) is 60.4 Å². The summed E-state index contributed by atoms with van der Waals surface area (Å²) in [7, 11) is 0. The highest BCUT2D eigenvalue weighted by Gasteiger charge is 2.27. The van der Waals surface area contributed by atoms with Crippen LogP contribution in [0.25, 0.3) is 0 Å². The Hall–Kier alpha value is -1.11. The van der Waals surface area contributed by atoms with Gasteiger partial charge in [-0.3, -0.25) is 9.59 Å². The van der Waals surface area contributed by atoms with Crippen LogP contribution in [-0.4, -0.2) is 23.0 Å². The Morgan fingerprint density at radius 1 is 1.16 bits per heavy atom. The van der Waals surface area contributed by atoms with Crippen molar-refractivity contribution in [1.82, 2.24) is 5.32 Å². The Morgan fingerprint density at radius 2 is 1.79 bits per heavy atom. The standard InChI is InChI=1S/C14H16INO3/c15-12-4-2-1-3-11(12)13(17)16-10-7-5-9(6-8-10)14(18)19/h1-4,9-10H,5-8H2,(H,16,17)(H,18,19). The fraction of sp³-hybridized carbons (Fsp3) is 0.429. The maximum atomic E-state index is 12.1. The molecule has 0 spiro atoms. The zero-order valence-electron chi connectivity index (χ0n) is 10.4. The lowest BCUT2D eigenvalue weighted by molar-refractivity contribution is -0.142. The number of carboxylic acid groups (broad SMARTS) is 1. The summed E-state index contributed by atoms with van der Waals surface area (Å²) < 4.78 is 0.928. The molecule has 102 valence electrons. The molecule has 1 fully saturated rings. The Labute approximate surface area is 125 Å². The van der Waals surface area contributed by atoms with E-state index >= 15 is 0 Å². The van der Waals surface area contributed by atoms with Crippen molar-refractivity contribution in [2.75, 3.05) is 0 Å². The number of aliphatic carboxylic acids is 1. The number of carbonyl (C=O) groups excluding carboxylic acids is 1. The monoisotopic (exact) mass is 373 g/mol. The quantitative estimate of drug-likeness (QED) is 0.801. The first-order valence-electron chi connectivity index (χ1n) is 6.36. The molecule has 4 nitrogen and oxygen atoms in total. The molecular weight excluding hydrogens is 357 g/mol. The molecule has 0 radical (unpaired) electrons. The normalized spacial score (nSPS) is 22.8. The minimum atomic E-state index is -0.720. The lowest BCUT2D eigenvalue weighted by atomic mass is 9.86. The maximum absolute atomic E-state index is 12.1. The van der Waals surface area contributed by atoms with Crippen LogP contribution >= 0.6 is 22.6 Å². The van der Waals surface area contributed by atoms with E-state index in [9.17, 15) is 9.59 Å². The third-order valence-corrected chi connectivity index (χ3v) is 4.47. The van der Waals surface area contributed by atoms with Crippen LogP contribution < -0.4 is 5.32 Å². The van der Waals surface area contributed by atoms with Crippen molar-refractivity contribution in [3.8, 4) is 0 Å². The maximum Gasteiger partial charge on any atom is 0.306 e. The van der Waals surface area contributed by atoms with Gasteiger partial charge in [0.2, 0.25) is 0 Å². The highest BCUT2D eigenvalue weighted by Crippen LogP contribution is 2.24. The molecule has 1 aliphatic rings. The van der Waals surface area contributed by atoms with E-state index in [1.165, 1.54) is 0 Å². The molecule has 0 heterocycles. The van der Waals surface area contributed by atoms with Crippen molar-refractivity contribution in [2.24, 2.45) is 5.92 Å².